The summed E-state index contributed by atoms with van der Waals surface area (Å²) in [6, 6.07) is 0. The predicted molar refractivity (Wildman–Crippen MR) is 83.1 cm³/mol. The number of rotatable bonds is 3. The van der Waals surface area contributed by atoms with E-state index in [1.54, 1.807) is 38.5 Å². The highest BCUT2D eigenvalue weighted by atomic mass is 14.4. The first-order valence-corrected chi connectivity index (χ1v) is 8.99. The van der Waals surface area contributed by atoms with Gasteiger partial charge in [0.05, 0.1) is 0 Å². The van der Waals surface area contributed by atoms with E-state index in [4.69, 9.17) is 0 Å². The summed E-state index contributed by atoms with van der Waals surface area (Å²) in [6.45, 7) is 3.98. The van der Waals surface area contributed by atoms with Crippen LogP contribution in [0.5, 0.6) is 0 Å². The van der Waals surface area contributed by atoms with Crippen LogP contribution in [0.3, 0.4) is 0 Å². The topological polar surface area (TPSA) is 0 Å². The molecule has 0 amide bonds. The molecular weight excluding hydrogens is 228 g/mol. The van der Waals surface area contributed by atoms with Crippen LogP contribution in [-0.4, -0.2) is 0 Å². The van der Waals surface area contributed by atoms with Gasteiger partial charge in [-0.2, -0.15) is 0 Å². The van der Waals surface area contributed by atoms with Crippen molar-refractivity contribution < 1.29 is 0 Å². The third kappa shape index (κ3) is 3.26. The first-order valence-electron chi connectivity index (χ1n) is 8.99. The quantitative estimate of drug-likeness (QED) is 0.548. The van der Waals surface area contributed by atoms with Gasteiger partial charge in [-0.15, -0.1) is 6.58 Å². The molecule has 0 spiro atoms. The van der Waals surface area contributed by atoms with E-state index in [1.165, 1.54) is 38.5 Å². The minimum absolute atomic E-state index is 0.839. The second kappa shape index (κ2) is 6.46. The van der Waals surface area contributed by atoms with E-state index in [-0.39, 0.29) is 0 Å². The van der Waals surface area contributed by atoms with Gasteiger partial charge in [-0.1, -0.05) is 31.8 Å². The first kappa shape index (κ1) is 13.7. The lowest BCUT2D eigenvalue weighted by molar-refractivity contribution is 0.132. The van der Waals surface area contributed by atoms with Crippen molar-refractivity contribution in [2.45, 2.75) is 77.0 Å². The summed E-state index contributed by atoms with van der Waals surface area (Å²) < 4.78 is 0. The first-order chi connectivity index (χ1) is 9.36. The fourth-order valence-corrected chi connectivity index (χ4v) is 5.37. The van der Waals surface area contributed by atoms with Gasteiger partial charge in [-0.05, 0) is 81.0 Å². The second-order valence-electron chi connectivity index (χ2n) is 7.63. The van der Waals surface area contributed by atoms with Crippen LogP contribution >= 0.6 is 0 Å². The van der Waals surface area contributed by atoms with Crippen molar-refractivity contribution in [2.75, 3.05) is 0 Å². The molecular formula is C19H32. The Labute approximate surface area is 120 Å². The summed E-state index contributed by atoms with van der Waals surface area (Å²) in [6.07, 6.45) is 20.5. The van der Waals surface area contributed by atoms with Crippen molar-refractivity contribution in [1.29, 1.82) is 0 Å². The standard InChI is InChI=1S/C19H32/c1-2-15-7-9-17(10-8-15)19-13-11-18(12-14-19)16-5-3-4-6-16/h2,15-19H,1,3-14H2. The van der Waals surface area contributed by atoms with Crippen LogP contribution in [0.25, 0.3) is 0 Å². The Kier molecular flexibility index (Phi) is 4.66. The predicted octanol–water partition coefficient (Wildman–Crippen LogP) is 5.98. The van der Waals surface area contributed by atoms with E-state index in [9.17, 15) is 0 Å². The van der Waals surface area contributed by atoms with Crippen molar-refractivity contribution in [1.82, 2.24) is 0 Å². The molecule has 0 aliphatic heterocycles. The maximum absolute atomic E-state index is 3.98. The molecule has 3 rings (SSSR count). The number of hydrogen-bond acceptors (Lipinski definition) is 0. The van der Waals surface area contributed by atoms with Crippen molar-refractivity contribution in [3.8, 4) is 0 Å². The Hall–Kier alpha value is -0.260. The molecule has 3 aliphatic rings. The molecule has 108 valence electrons. The largest absolute Gasteiger partial charge is 0.103 e. The highest BCUT2D eigenvalue weighted by Gasteiger charge is 2.33. The van der Waals surface area contributed by atoms with Gasteiger partial charge in [-0.25, -0.2) is 0 Å². The molecule has 0 nitrogen and oxygen atoms in total. The zero-order valence-corrected chi connectivity index (χ0v) is 12.7. The minimum atomic E-state index is 0.839. The Bertz CT molecular complexity index is 270. The van der Waals surface area contributed by atoms with Gasteiger partial charge in [-0.3, -0.25) is 0 Å². The molecule has 0 aromatic carbocycles. The third-order valence-electron chi connectivity index (χ3n) is 6.70. The van der Waals surface area contributed by atoms with Crippen LogP contribution in [0.2, 0.25) is 0 Å². The van der Waals surface area contributed by atoms with E-state index < -0.39 is 0 Å². The summed E-state index contributed by atoms with van der Waals surface area (Å²) in [5, 5.41) is 0. The normalized spacial score (nSPS) is 41.3. The fraction of sp³-hybridized carbons (Fsp3) is 0.895. The summed E-state index contributed by atoms with van der Waals surface area (Å²) >= 11 is 0. The SMILES string of the molecule is C=CC1CCC(C2CCC(C3CCCC3)CC2)CC1. The molecule has 19 heavy (non-hydrogen) atoms. The summed E-state index contributed by atoms with van der Waals surface area (Å²) in [7, 11) is 0. The van der Waals surface area contributed by atoms with E-state index >= 15 is 0 Å². The average Bonchev–Trinajstić information content (AvgIpc) is 3.02. The van der Waals surface area contributed by atoms with Crippen molar-refractivity contribution >= 4 is 0 Å². The van der Waals surface area contributed by atoms with Crippen LogP contribution in [0.1, 0.15) is 77.0 Å². The molecule has 0 bridgehead atoms. The van der Waals surface area contributed by atoms with Gasteiger partial charge in [0.2, 0.25) is 0 Å². The summed E-state index contributed by atoms with van der Waals surface area (Å²) in [5.74, 6) is 5.23. The molecule has 0 heteroatoms. The second-order valence-corrected chi connectivity index (χ2v) is 7.63. The van der Waals surface area contributed by atoms with Gasteiger partial charge in [0.1, 0.15) is 0 Å². The van der Waals surface area contributed by atoms with Crippen LogP contribution in [0, 0.1) is 29.6 Å². The van der Waals surface area contributed by atoms with Crippen LogP contribution in [0.4, 0.5) is 0 Å². The lowest BCUT2D eigenvalue weighted by Gasteiger charge is -2.38. The van der Waals surface area contributed by atoms with E-state index in [0.717, 1.165) is 29.6 Å². The molecule has 0 atom stereocenters. The Balaban J connectivity index is 1.43. The zero-order chi connectivity index (χ0) is 13.1. The highest BCUT2D eigenvalue weighted by molar-refractivity contribution is 4.88. The minimum Gasteiger partial charge on any atom is -0.103 e. The van der Waals surface area contributed by atoms with Crippen LogP contribution < -0.4 is 0 Å². The molecule has 0 aromatic rings. The number of allylic oxidation sites excluding steroid dienone is 1. The van der Waals surface area contributed by atoms with E-state index in [2.05, 4.69) is 12.7 Å². The summed E-state index contributed by atoms with van der Waals surface area (Å²) in [5.41, 5.74) is 0. The fourth-order valence-electron chi connectivity index (χ4n) is 5.37. The molecule has 0 radical (unpaired) electrons. The number of hydrogen-bond donors (Lipinski definition) is 0. The van der Waals surface area contributed by atoms with Crippen LogP contribution in [-0.2, 0) is 0 Å². The maximum Gasteiger partial charge on any atom is -0.0236 e. The lowest BCUT2D eigenvalue weighted by atomic mass is 9.67. The van der Waals surface area contributed by atoms with Gasteiger partial charge >= 0.3 is 0 Å². The van der Waals surface area contributed by atoms with Crippen molar-refractivity contribution in [3.05, 3.63) is 12.7 Å². The zero-order valence-electron chi connectivity index (χ0n) is 12.7. The average molecular weight is 260 g/mol. The van der Waals surface area contributed by atoms with Crippen molar-refractivity contribution in [2.24, 2.45) is 29.6 Å². The molecule has 0 aromatic heterocycles. The lowest BCUT2D eigenvalue weighted by Crippen LogP contribution is -2.27. The molecule has 3 saturated carbocycles. The molecule has 0 unspecified atom stereocenters. The van der Waals surface area contributed by atoms with Crippen LogP contribution in [0.15, 0.2) is 12.7 Å². The molecule has 0 saturated heterocycles. The molecule has 3 fully saturated rings. The molecule has 0 N–H and O–H groups in total. The monoisotopic (exact) mass is 260 g/mol. The third-order valence-corrected chi connectivity index (χ3v) is 6.70. The molecule has 3 aliphatic carbocycles. The maximum atomic E-state index is 3.98. The van der Waals surface area contributed by atoms with Gasteiger partial charge in [0.15, 0.2) is 0 Å². The van der Waals surface area contributed by atoms with Gasteiger partial charge in [0, 0.05) is 0 Å². The summed E-state index contributed by atoms with van der Waals surface area (Å²) in [4.78, 5) is 0. The smallest absolute Gasteiger partial charge is 0.0236 e. The Morgan fingerprint density at radius 3 is 1.32 bits per heavy atom. The van der Waals surface area contributed by atoms with E-state index in [1.807, 2.05) is 0 Å². The van der Waals surface area contributed by atoms with Gasteiger partial charge in [0.25, 0.3) is 0 Å². The Morgan fingerprint density at radius 2 is 0.895 bits per heavy atom. The highest BCUT2D eigenvalue weighted by Crippen LogP contribution is 2.45. The Morgan fingerprint density at radius 1 is 0.526 bits per heavy atom. The molecule has 0 heterocycles. The van der Waals surface area contributed by atoms with Crippen molar-refractivity contribution in [3.63, 3.8) is 0 Å². The van der Waals surface area contributed by atoms with E-state index in [0.29, 0.717) is 0 Å². The van der Waals surface area contributed by atoms with Gasteiger partial charge < -0.3 is 0 Å².